The normalized spacial score (nSPS) is 10.5. The molecule has 0 bridgehead atoms. The minimum Gasteiger partial charge on any atom is -0.491 e. The lowest BCUT2D eigenvalue weighted by Gasteiger charge is -2.03. The molecular weight excluding hydrogens is 254 g/mol. The molecular formula is C10H5ClF2N2O2. The van der Waals surface area contributed by atoms with E-state index in [1.54, 1.807) is 0 Å². The van der Waals surface area contributed by atoms with Gasteiger partial charge in [-0.15, -0.1) is 0 Å². The van der Waals surface area contributed by atoms with Gasteiger partial charge in [-0.1, -0.05) is 11.6 Å². The average Bonchev–Trinajstić information content (AvgIpc) is 2.29. The summed E-state index contributed by atoms with van der Waals surface area (Å²) in [4.78, 5) is 6.75. The van der Waals surface area contributed by atoms with Crippen LogP contribution in [0.15, 0.2) is 18.2 Å². The molecule has 17 heavy (non-hydrogen) atoms. The lowest BCUT2D eigenvalue weighted by molar-refractivity contribution is 0.363. The number of rotatable bonds is 1. The monoisotopic (exact) mass is 258 g/mol. The molecule has 0 radical (unpaired) electrons. The molecule has 2 rings (SSSR count). The van der Waals surface area contributed by atoms with Crippen LogP contribution >= 0.6 is 11.6 Å². The van der Waals surface area contributed by atoms with Crippen LogP contribution in [0.2, 0.25) is 5.02 Å². The Morgan fingerprint density at radius 3 is 2.18 bits per heavy atom. The Balaban J connectivity index is 2.57. The lowest BCUT2D eigenvalue weighted by Crippen LogP contribution is -1.93. The number of benzene rings is 1. The Hall–Kier alpha value is -1.95. The molecule has 0 atom stereocenters. The third-order valence-corrected chi connectivity index (χ3v) is 2.30. The molecule has 0 saturated carbocycles. The lowest BCUT2D eigenvalue weighted by atomic mass is 10.2. The van der Waals surface area contributed by atoms with E-state index in [0.29, 0.717) is 0 Å². The Bertz CT molecular complexity index is 570. The molecule has 0 amide bonds. The average molecular weight is 259 g/mol. The Morgan fingerprint density at radius 1 is 1.06 bits per heavy atom. The first-order valence-electron chi connectivity index (χ1n) is 4.40. The SMILES string of the molecule is Oc1nc(-c2ccc(Cl)c(F)c2)nc(O)c1F. The molecule has 0 saturated heterocycles. The summed E-state index contributed by atoms with van der Waals surface area (Å²) in [5, 5.41) is 18.0. The van der Waals surface area contributed by atoms with Gasteiger partial charge in [0, 0.05) is 5.56 Å². The van der Waals surface area contributed by atoms with Crippen molar-refractivity contribution >= 4 is 11.6 Å². The maximum absolute atomic E-state index is 13.2. The van der Waals surface area contributed by atoms with Crippen LogP contribution in [0, 0.1) is 11.6 Å². The summed E-state index contributed by atoms with van der Waals surface area (Å²) in [6.45, 7) is 0. The fourth-order valence-electron chi connectivity index (χ4n) is 1.19. The van der Waals surface area contributed by atoms with Crippen LogP contribution in [0.4, 0.5) is 8.78 Å². The molecule has 0 spiro atoms. The number of nitrogens with zero attached hydrogens (tertiary/aromatic N) is 2. The van der Waals surface area contributed by atoms with Crippen molar-refractivity contribution in [3.8, 4) is 23.1 Å². The van der Waals surface area contributed by atoms with E-state index in [1.807, 2.05) is 0 Å². The summed E-state index contributed by atoms with van der Waals surface area (Å²) in [5.74, 6) is -4.28. The number of halogens is 3. The molecule has 1 aromatic carbocycles. The highest BCUT2D eigenvalue weighted by atomic mass is 35.5. The van der Waals surface area contributed by atoms with Crippen molar-refractivity contribution < 1.29 is 19.0 Å². The number of aromatic nitrogens is 2. The van der Waals surface area contributed by atoms with Gasteiger partial charge in [-0.05, 0) is 18.2 Å². The largest absolute Gasteiger partial charge is 0.491 e. The van der Waals surface area contributed by atoms with Gasteiger partial charge in [-0.3, -0.25) is 0 Å². The summed E-state index contributed by atoms with van der Waals surface area (Å²) in [6, 6.07) is 3.64. The highest BCUT2D eigenvalue weighted by molar-refractivity contribution is 6.30. The predicted molar refractivity (Wildman–Crippen MR) is 55.7 cm³/mol. The molecule has 0 aliphatic heterocycles. The van der Waals surface area contributed by atoms with Crippen molar-refractivity contribution in [3.63, 3.8) is 0 Å². The van der Waals surface area contributed by atoms with Crippen LogP contribution in [-0.2, 0) is 0 Å². The Morgan fingerprint density at radius 2 is 1.65 bits per heavy atom. The first-order valence-corrected chi connectivity index (χ1v) is 4.77. The smallest absolute Gasteiger partial charge is 0.255 e. The van der Waals surface area contributed by atoms with E-state index in [4.69, 9.17) is 21.8 Å². The van der Waals surface area contributed by atoms with Crippen LogP contribution in [-0.4, -0.2) is 20.2 Å². The maximum atomic E-state index is 13.2. The summed E-state index contributed by atoms with van der Waals surface area (Å²) >= 11 is 5.48. The van der Waals surface area contributed by atoms with Crippen molar-refractivity contribution in [3.05, 3.63) is 34.9 Å². The van der Waals surface area contributed by atoms with E-state index in [1.165, 1.54) is 12.1 Å². The summed E-state index contributed by atoms with van der Waals surface area (Å²) in [6.07, 6.45) is 0. The van der Waals surface area contributed by atoms with E-state index in [9.17, 15) is 8.78 Å². The molecule has 1 aromatic heterocycles. The summed E-state index contributed by atoms with van der Waals surface area (Å²) in [5.41, 5.74) is 0.150. The van der Waals surface area contributed by atoms with E-state index in [0.717, 1.165) is 6.07 Å². The molecule has 88 valence electrons. The molecule has 0 aliphatic carbocycles. The fourth-order valence-corrected chi connectivity index (χ4v) is 1.31. The minimum atomic E-state index is -1.33. The van der Waals surface area contributed by atoms with Crippen molar-refractivity contribution in [1.29, 1.82) is 0 Å². The molecule has 0 aliphatic rings. The Kier molecular flexibility index (Phi) is 2.81. The van der Waals surface area contributed by atoms with Gasteiger partial charge < -0.3 is 10.2 Å². The van der Waals surface area contributed by atoms with Crippen molar-refractivity contribution in [1.82, 2.24) is 9.97 Å². The van der Waals surface area contributed by atoms with Crippen molar-refractivity contribution in [2.75, 3.05) is 0 Å². The predicted octanol–water partition coefficient (Wildman–Crippen LogP) is 2.49. The van der Waals surface area contributed by atoms with E-state index >= 15 is 0 Å². The topological polar surface area (TPSA) is 66.2 Å². The molecule has 0 unspecified atom stereocenters. The first kappa shape index (κ1) is 11.5. The van der Waals surface area contributed by atoms with Crippen LogP contribution in [0.3, 0.4) is 0 Å². The maximum Gasteiger partial charge on any atom is 0.255 e. The molecule has 2 aromatic rings. The summed E-state index contributed by atoms with van der Waals surface area (Å²) in [7, 11) is 0. The second-order valence-corrected chi connectivity index (χ2v) is 3.54. The van der Waals surface area contributed by atoms with Crippen LogP contribution in [0.25, 0.3) is 11.4 Å². The molecule has 7 heteroatoms. The van der Waals surface area contributed by atoms with Crippen molar-refractivity contribution in [2.24, 2.45) is 0 Å². The van der Waals surface area contributed by atoms with Gasteiger partial charge in [-0.2, -0.15) is 14.4 Å². The van der Waals surface area contributed by atoms with E-state index < -0.39 is 23.4 Å². The van der Waals surface area contributed by atoms with Crippen molar-refractivity contribution in [2.45, 2.75) is 0 Å². The van der Waals surface area contributed by atoms with E-state index in [-0.39, 0.29) is 16.4 Å². The third-order valence-electron chi connectivity index (χ3n) is 1.99. The number of hydrogen-bond acceptors (Lipinski definition) is 4. The number of hydrogen-bond donors (Lipinski definition) is 2. The second kappa shape index (κ2) is 4.14. The van der Waals surface area contributed by atoms with Gasteiger partial charge in [0.25, 0.3) is 11.8 Å². The van der Waals surface area contributed by atoms with Gasteiger partial charge >= 0.3 is 0 Å². The third kappa shape index (κ3) is 2.12. The Labute approximate surface area is 99.2 Å². The fraction of sp³-hybridized carbons (Fsp3) is 0. The quantitative estimate of drug-likeness (QED) is 0.825. The van der Waals surface area contributed by atoms with E-state index in [2.05, 4.69) is 9.97 Å². The number of aromatic hydroxyl groups is 2. The zero-order valence-corrected chi connectivity index (χ0v) is 8.91. The molecule has 1 heterocycles. The minimum absolute atomic E-state index is 0.0932. The summed E-state index contributed by atoms with van der Waals surface area (Å²) < 4.78 is 26.0. The highest BCUT2D eigenvalue weighted by Crippen LogP contribution is 2.27. The van der Waals surface area contributed by atoms with Gasteiger partial charge in [0.05, 0.1) is 5.02 Å². The first-order chi connectivity index (χ1) is 7.99. The second-order valence-electron chi connectivity index (χ2n) is 3.14. The van der Waals surface area contributed by atoms with Crippen LogP contribution in [0.5, 0.6) is 11.8 Å². The zero-order valence-electron chi connectivity index (χ0n) is 8.15. The van der Waals surface area contributed by atoms with Gasteiger partial charge in [-0.25, -0.2) is 4.39 Å². The standard InChI is InChI=1S/C10H5ClF2N2O2/c11-5-2-1-4(3-6(5)12)8-14-9(16)7(13)10(17)15-8/h1-3H,(H2,14,15,16,17). The molecule has 2 N–H and O–H groups in total. The van der Waals surface area contributed by atoms with Gasteiger partial charge in [0.1, 0.15) is 5.82 Å². The van der Waals surface area contributed by atoms with Crippen LogP contribution in [0.1, 0.15) is 0 Å². The molecule has 0 fully saturated rings. The van der Waals surface area contributed by atoms with Gasteiger partial charge in [0.15, 0.2) is 5.82 Å². The zero-order chi connectivity index (χ0) is 12.6. The van der Waals surface area contributed by atoms with Gasteiger partial charge in [0.2, 0.25) is 5.82 Å². The van der Waals surface area contributed by atoms with Crippen LogP contribution < -0.4 is 0 Å². The highest BCUT2D eigenvalue weighted by Gasteiger charge is 2.14. The molecule has 4 nitrogen and oxygen atoms in total.